The van der Waals surface area contributed by atoms with Gasteiger partial charge in [0.25, 0.3) is 5.91 Å². The first kappa shape index (κ1) is 25.4. The zero-order valence-electron chi connectivity index (χ0n) is 20.6. The van der Waals surface area contributed by atoms with Gasteiger partial charge in [0.2, 0.25) is 5.91 Å². The number of rotatable bonds is 9. The maximum atomic E-state index is 13.2. The van der Waals surface area contributed by atoms with Crippen molar-refractivity contribution < 1.29 is 18.7 Å². The van der Waals surface area contributed by atoms with Crippen molar-refractivity contribution in [1.82, 2.24) is 15.3 Å². The molecule has 3 aromatic carbocycles. The van der Waals surface area contributed by atoms with Crippen molar-refractivity contribution in [2.75, 3.05) is 17.2 Å². The Bertz CT molecular complexity index is 1550. The quantitative estimate of drug-likeness (QED) is 0.301. The molecule has 0 aliphatic carbocycles. The Hall–Kier alpha value is -5.30. The van der Waals surface area contributed by atoms with Crippen LogP contribution in [-0.4, -0.2) is 28.4 Å². The number of hydrogen-bond acceptors (Lipinski definition) is 7. The predicted octanol–water partition coefficient (Wildman–Crippen LogP) is 4.14. The number of nitrogens with one attached hydrogen (secondary N) is 3. The van der Waals surface area contributed by atoms with Gasteiger partial charge < -0.3 is 20.7 Å². The largest absolute Gasteiger partial charge is 0.491 e. The molecule has 39 heavy (non-hydrogen) atoms. The smallest absolute Gasteiger partial charge is 0.274 e. The number of nitrogens with zero attached hydrogens (tertiary/aromatic N) is 3. The second kappa shape index (κ2) is 11.4. The highest BCUT2D eigenvalue weighted by Gasteiger charge is 2.22. The first-order chi connectivity index (χ1) is 19.0. The van der Waals surface area contributed by atoms with Crippen LogP contribution in [0.15, 0.2) is 79.0 Å². The van der Waals surface area contributed by atoms with Gasteiger partial charge in [0.15, 0.2) is 17.2 Å². The second-order valence-electron chi connectivity index (χ2n) is 8.84. The number of fused-ring (bicyclic) bond motifs is 1. The fourth-order valence-electron chi connectivity index (χ4n) is 4.12. The van der Waals surface area contributed by atoms with Gasteiger partial charge in [-0.15, -0.1) is 0 Å². The first-order valence-corrected chi connectivity index (χ1v) is 12.2. The molecule has 1 atom stereocenters. The second-order valence-corrected chi connectivity index (χ2v) is 8.84. The van der Waals surface area contributed by atoms with Crippen LogP contribution < -0.4 is 20.7 Å². The van der Waals surface area contributed by atoms with E-state index in [-0.39, 0.29) is 42.1 Å². The summed E-state index contributed by atoms with van der Waals surface area (Å²) in [7, 11) is 0. The third-order valence-electron chi connectivity index (χ3n) is 6.10. The minimum absolute atomic E-state index is 0.0127. The summed E-state index contributed by atoms with van der Waals surface area (Å²) < 4.78 is 19.3. The van der Waals surface area contributed by atoms with E-state index in [4.69, 9.17) is 4.74 Å². The minimum Gasteiger partial charge on any atom is -0.491 e. The lowest BCUT2D eigenvalue weighted by atomic mass is 10.1. The number of benzene rings is 3. The number of carbonyl (C=O) groups is 2. The third kappa shape index (κ3) is 6.17. The Morgan fingerprint density at radius 2 is 1.92 bits per heavy atom. The monoisotopic (exact) mass is 522 g/mol. The average Bonchev–Trinajstić information content (AvgIpc) is 3.34. The summed E-state index contributed by atoms with van der Waals surface area (Å²) in [5.74, 6) is -0.211. The van der Waals surface area contributed by atoms with Crippen LogP contribution in [0.4, 0.5) is 15.9 Å². The number of aromatic nitrogens is 2. The lowest BCUT2D eigenvalue weighted by Gasteiger charge is -2.22. The summed E-state index contributed by atoms with van der Waals surface area (Å²) in [4.78, 5) is 33.3. The normalized spacial score (nSPS) is 12.6. The van der Waals surface area contributed by atoms with E-state index in [9.17, 15) is 19.2 Å². The number of halogens is 1. The lowest BCUT2D eigenvalue weighted by molar-refractivity contribution is -0.115. The van der Waals surface area contributed by atoms with E-state index < -0.39 is 11.9 Å². The molecular weight excluding hydrogens is 499 g/mol. The fourth-order valence-corrected chi connectivity index (χ4v) is 4.12. The Morgan fingerprint density at radius 3 is 2.69 bits per heavy atom. The molecule has 9 nitrogen and oxygen atoms in total. The van der Waals surface area contributed by atoms with E-state index in [1.165, 1.54) is 18.3 Å². The third-order valence-corrected chi connectivity index (χ3v) is 6.10. The molecule has 2 amide bonds. The molecule has 1 aliphatic heterocycles. The van der Waals surface area contributed by atoms with Crippen molar-refractivity contribution in [2.24, 2.45) is 0 Å². The molecule has 2 heterocycles. The van der Waals surface area contributed by atoms with Gasteiger partial charge in [-0.05, 0) is 47.0 Å². The van der Waals surface area contributed by atoms with Crippen molar-refractivity contribution in [3.8, 4) is 11.8 Å². The molecule has 10 heteroatoms. The number of nitriles is 1. The minimum atomic E-state index is -0.546. The highest BCUT2D eigenvalue weighted by Crippen LogP contribution is 2.28. The maximum Gasteiger partial charge on any atom is 0.274 e. The van der Waals surface area contributed by atoms with Crippen LogP contribution in [0.25, 0.3) is 0 Å². The van der Waals surface area contributed by atoms with Crippen LogP contribution in [0.5, 0.6) is 5.75 Å². The van der Waals surface area contributed by atoms with Crippen LogP contribution in [0.1, 0.15) is 38.9 Å². The molecule has 0 bridgehead atoms. The van der Waals surface area contributed by atoms with Crippen molar-refractivity contribution in [2.45, 2.75) is 19.0 Å². The molecule has 0 saturated heterocycles. The molecular formula is C29H23FN6O3. The topological polar surface area (TPSA) is 129 Å². The van der Waals surface area contributed by atoms with Crippen molar-refractivity contribution in [3.05, 3.63) is 113 Å². The molecule has 3 N–H and O–H groups in total. The van der Waals surface area contributed by atoms with Crippen LogP contribution >= 0.6 is 0 Å². The van der Waals surface area contributed by atoms with E-state index in [0.717, 1.165) is 16.8 Å². The Labute approximate surface area is 223 Å². The molecule has 4 aromatic rings. The summed E-state index contributed by atoms with van der Waals surface area (Å²) in [5, 5.41) is 18.1. The van der Waals surface area contributed by atoms with Crippen molar-refractivity contribution in [1.29, 1.82) is 5.26 Å². The summed E-state index contributed by atoms with van der Waals surface area (Å²) >= 11 is 0. The highest BCUT2D eigenvalue weighted by atomic mass is 19.1. The summed E-state index contributed by atoms with van der Waals surface area (Å²) in [6.45, 7) is 0.306. The summed E-state index contributed by atoms with van der Waals surface area (Å²) in [5.41, 5.74) is 3.14. The summed E-state index contributed by atoms with van der Waals surface area (Å²) in [6.07, 6.45) is 1.58. The zero-order chi connectivity index (χ0) is 27.2. The molecule has 0 radical (unpaired) electrons. The van der Waals surface area contributed by atoms with Crippen LogP contribution in [-0.2, 0) is 17.8 Å². The molecule has 0 fully saturated rings. The number of hydrogen-bond donors (Lipinski definition) is 3. The van der Waals surface area contributed by atoms with Gasteiger partial charge in [-0.2, -0.15) is 5.26 Å². The van der Waals surface area contributed by atoms with E-state index >= 15 is 0 Å². The van der Waals surface area contributed by atoms with Crippen LogP contribution in [0, 0.1) is 17.1 Å². The van der Waals surface area contributed by atoms with Gasteiger partial charge in [-0.1, -0.05) is 42.5 Å². The van der Waals surface area contributed by atoms with Gasteiger partial charge >= 0.3 is 0 Å². The molecule has 5 rings (SSSR count). The van der Waals surface area contributed by atoms with Gasteiger partial charge in [-0.25, -0.2) is 14.4 Å². The van der Waals surface area contributed by atoms with E-state index in [1.54, 1.807) is 24.3 Å². The Morgan fingerprint density at radius 1 is 1.13 bits per heavy atom. The Kier molecular flexibility index (Phi) is 7.41. The standard InChI is InChI=1S/C29H23FN6O3/c30-21-8-6-18(7-9-21)15-33-29(38)27-28(32-16-22(14-31)34-27)36-25(19-4-2-1-3-5-19)17-39-23-10-11-24-20(12-23)13-26(37)35-24/h1-12,16,25H,13,15,17H2,(H,32,36)(H,33,38)(H,35,37)/t25-/m0/s1. The maximum absolute atomic E-state index is 13.2. The number of carbonyl (C=O) groups excluding carboxylic acids is 2. The van der Waals surface area contributed by atoms with Gasteiger partial charge in [0, 0.05) is 12.2 Å². The molecule has 0 saturated carbocycles. The van der Waals surface area contributed by atoms with E-state index in [2.05, 4.69) is 25.9 Å². The number of anilines is 2. The Balaban J connectivity index is 1.36. The van der Waals surface area contributed by atoms with Crippen LogP contribution in [0.2, 0.25) is 0 Å². The predicted molar refractivity (Wildman–Crippen MR) is 141 cm³/mol. The number of ether oxygens (including phenoxy) is 1. The fraction of sp³-hybridized carbons (Fsp3) is 0.138. The van der Waals surface area contributed by atoms with Crippen molar-refractivity contribution >= 4 is 23.3 Å². The average molecular weight is 523 g/mol. The van der Waals surface area contributed by atoms with Gasteiger partial charge in [0.05, 0.1) is 18.7 Å². The molecule has 0 spiro atoms. The van der Waals surface area contributed by atoms with Crippen molar-refractivity contribution in [3.63, 3.8) is 0 Å². The zero-order valence-corrected chi connectivity index (χ0v) is 20.6. The summed E-state index contributed by atoms with van der Waals surface area (Å²) in [6, 6.07) is 22.1. The first-order valence-electron chi connectivity index (χ1n) is 12.2. The molecule has 0 unspecified atom stereocenters. The number of amides is 2. The lowest BCUT2D eigenvalue weighted by Crippen LogP contribution is -2.27. The molecule has 1 aromatic heterocycles. The van der Waals surface area contributed by atoms with E-state index in [0.29, 0.717) is 17.7 Å². The highest BCUT2D eigenvalue weighted by molar-refractivity contribution is 5.99. The van der Waals surface area contributed by atoms with Gasteiger partial charge in [-0.3, -0.25) is 9.59 Å². The van der Waals surface area contributed by atoms with E-state index in [1.807, 2.05) is 42.5 Å². The molecule has 1 aliphatic rings. The SMILES string of the molecule is N#Cc1cnc(N[C@@H](COc2ccc3c(c2)CC(=O)N3)c2ccccc2)c(C(=O)NCc2ccc(F)cc2)n1. The van der Waals surface area contributed by atoms with Crippen LogP contribution in [0.3, 0.4) is 0 Å². The molecule has 194 valence electrons. The van der Waals surface area contributed by atoms with Gasteiger partial charge in [0.1, 0.15) is 24.2 Å².